The van der Waals surface area contributed by atoms with Crippen LogP contribution in [0.25, 0.3) is 0 Å². The van der Waals surface area contributed by atoms with E-state index < -0.39 is 5.60 Å². The van der Waals surface area contributed by atoms with Gasteiger partial charge in [0.2, 0.25) is 0 Å². The predicted octanol–water partition coefficient (Wildman–Crippen LogP) is 2.00. The summed E-state index contributed by atoms with van der Waals surface area (Å²) in [6.07, 6.45) is 0.750. The SMILES string of the molecule is CC(C)(C)OC(=O)C1c2ccccc2CC1N. The Balaban J connectivity index is 2.25. The van der Waals surface area contributed by atoms with Gasteiger partial charge < -0.3 is 10.5 Å². The largest absolute Gasteiger partial charge is 0.459 e. The molecule has 2 atom stereocenters. The molecule has 0 saturated heterocycles. The summed E-state index contributed by atoms with van der Waals surface area (Å²) in [5.41, 5.74) is 7.77. The number of carbonyl (C=O) groups excluding carboxylic acids is 1. The van der Waals surface area contributed by atoms with Crippen molar-refractivity contribution in [1.29, 1.82) is 0 Å². The van der Waals surface area contributed by atoms with Crippen LogP contribution in [0.3, 0.4) is 0 Å². The zero-order valence-electron chi connectivity index (χ0n) is 10.6. The van der Waals surface area contributed by atoms with Gasteiger partial charge in [-0.2, -0.15) is 0 Å². The first-order chi connectivity index (χ1) is 7.88. The molecule has 0 aromatic heterocycles. The number of esters is 1. The summed E-state index contributed by atoms with van der Waals surface area (Å²) >= 11 is 0. The van der Waals surface area contributed by atoms with Gasteiger partial charge in [-0.3, -0.25) is 4.79 Å². The molecule has 17 heavy (non-hydrogen) atoms. The molecule has 1 aliphatic rings. The summed E-state index contributed by atoms with van der Waals surface area (Å²) in [5, 5.41) is 0. The summed E-state index contributed by atoms with van der Waals surface area (Å²) in [6.45, 7) is 5.62. The van der Waals surface area contributed by atoms with E-state index in [-0.39, 0.29) is 17.9 Å². The van der Waals surface area contributed by atoms with E-state index in [4.69, 9.17) is 10.5 Å². The summed E-state index contributed by atoms with van der Waals surface area (Å²) in [6, 6.07) is 7.75. The number of hydrogen-bond acceptors (Lipinski definition) is 3. The molecule has 0 spiro atoms. The first kappa shape index (κ1) is 12.1. The molecule has 0 radical (unpaired) electrons. The molecule has 1 aromatic rings. The minimum atomic E-state index is -0.464. The highest BCUT2D eigenvalue weighted by molar-refractivity contribution is 5.81. The molecule has 0 aliphatic heterocycles. The summed E-state index contributed by atoms with van der Waals surface area (Å²) in [7, 11) is 0. The Morgan fingerprint density at radius 1 is 1.35 bits per heavy atom. The van der Waals surface area contributed by atoms with Gasteiger partial charge in [-0.25, -0.2) is 0 Å². The molecule has 1 aromatic carbocycles. The standard InChI is InChI=1S/C14H19NO2/c1-14(2,3)17-13(16)12-10-7-5-4-6-9(10)8-11(12)15/h4-7,11-12H,8,15H2,1-3H3. The van der Waals surface area contributed by atoms with E-state index >= 15 is 0 Å². The van der Waals surface area contributed by atoms with Crippen LogP contribution < -0.4 is 5.73 Å². The number of fused-ring (bicyclic) bond motifs is 1. The third-order valence-electron chi connectivity index (χ3n) is 2.93. The Hall–Kier alpha value is -1.35. The highest BCUT2D eigenvalue weighted by Gasteiger charge is 2.37. The van der Waals surface area contributed by atoms with Gasteiger partial charge in [0.1, 0.15) is 5.60 Å². The van der Waals surface area contributed by atoms with Crippen molar-refractivity contribution in [1.82, 2.24) is 0 Å². The molecule has 1 aliphatic carbocycles. The Labute approximate surface area is 102 Å². The van der Waals surface area contributed by atoms with Crippen molar-refractivity contribution in [3.05, 3.63) is 35.4 Å². The van der Waals surface area contributed by atoms with Gasteiger partial charge in [-0.1, -0.05) is 24.3 Å². The molecule has 92 valence electrons. The third-order valence-corrected chi connectivity index (χ3v) is 2.93. The zero-order chi connectivity index (χ0) is 12.6. The molecule has 2 unspecified atom stereocenters. The van der Waals surface area contributed by atoms with Crippen molar-refractivity contribution >= 4 is 5.97 Å². The maximum Gasteiger partial charge on any atom is 0.315 e. The number of carbonyl (C=O) groups is 1. The average Bonchev–Trinajstić information content (AvgIpc) is 2.50. The summed E-state index contributed by atoms with van der Waals surface area (Å²) < 4.78 is 5.43. The van der Waals surface area contributed by atoms with Crippen LogP contribution in [0.15, 0.2) is 24.3 Å². The lowest BCUT2D eigenvalue weighted by molar-refractivity contribution is -0.157. The van der Waals surface area contributed by atoms with E-state index in [1.54, 1.807) is 0 Å². The van der Waals surface area contributed by atoms with E-state index in [1.807, 2.05) is 45.0 Å². The third kappa shape index (κ3) is 2.50. The second kappa shape index (κ2) is 4.15. The van der Waals surface area contributed by atoms with Crippen LogP contribution in [0.1, 0.15) is 37.8 Å². The van der Waals surface area contributed by atoms with Crippen molar-refractivity contribution in [3.8, 4) is 0 Å². The molecule has 0 bridgehead atoms. The Morgan fingerprint density at radius 3 is 2.65 bits per heavy atom. The zero-order valence-corrected chi connectivity index (χ0v) is 10.6. The summed E-state index contributed by atoms with van der Waals surface area (Å²) in [4.78, 5) is 12.1. The van der Waals surface area contributed by atoms with E-state index in [0.29, 0.717) is 0 Å². The molecule has 0 amide bonds. The molecule has 2 rings (SSSR count). The van der Waals surface area contributed by atoms with Crippen LogP contribution in [0.5, 0.6) is 0 Å². The number of hydrogen-bond donors (Lipinski definition) is 1. The first-order valence-corrected chi connectivity index (χ1v) is 5.95. The first-order valence-electron chi connectivity index (χ1n) is 5.95. The van der Waals surface area contributed by atoms with Crippen LogP contribution in [-0.4, -0.2) is 17.6 Å². The quantitative estimate of drug-likeness (QED) is 0.755. The molecule has 0 saturated carbocycles. The lowest BCUT2D eigenvalue weighted by Crippen LogP contribution is -2.35. The average molecular weight is 233 g/mol. The number of rotatable bonds is 1. The van der Waals surface area contributed by atoms with Gasteiger partial charge in [0.15, 0.2) is 0 Å². The summed E-state index contributed by atoms with van der Waals surface area (Å²) in [5.74, 6) is -0.527. The van der Waals surface area contributed by atoms with Gasteiger partial charge in [0, 0.05) is 6.04 Å². The smallest absolute Gasteiger partial charge is 0.315 e. The van der Waals surface area contributed by atoms with E-state index in [9.17, 15) is 4.79 Å². The topological polar surface area (TPSA) is 52.3 Å². The monoisotopic (exact) mass is 233 g/mol. The van der Waals surface area contributed by atoms with Crippen molar-refractivity contribution in [3.63, 3.8) is 0 Å². The van der Waals surface area contributed by atoms with E-state index in [2.05, 4.69) is 0 Å². The Morgan fingerprint density at radius 2 is 2.00 bits per heavy atom. The number of nitrogens with two attached hydrogens (primary N) is 1. The van der Waals surface area contributed by atoms with Crippen molar-refractivity contribution in [2.45, 2.75) is 44.8 Å². The van der Waals surface area contributed by atoms with Crippen molar-refractivity contribution in [2.24, 2.45) is 5.73 Å². The van der Waals surface area contributed by atoms with Gasteiger partial charge in [-0.05, 0) is 38.3 Å². The van der Waals surface area contributed by atoms with Gasteiger partial charge >= 0.3 is 5.97 Å². The van der Waals surface area contributed by atoms with Crippen LogP contribution in [0, 0.1) is 0 Å². The highest BCUT2D eigenvalue weighted by Crippen LogP contribution is 2.33. The second-order valence-corrected chi connectivity index (χ2v) is 5.58. The number of benzene rings is 1. The maximum atomic E-state index is 12.1. The molecular weight excluding hydrogens is 214 g/mol. The molecule has 3 heteroatoms. The number of ether oxygens (including phenoxy) is 1. The Kier molecular flexibility index (Phi) is 2.96. The van der Waals surface area contributed by atoms with Crippen LogP contribution in [0.2, 0.25) is 0 Å². The van der Waals surface area contributed by atoms with Crippen molar-refractivity contribution in [2.75, 3.05) is 0 Å². The molecule has 0 fully saturated rings. The van der Waals surface area contributed by atoms with Crippen LogP contribution in [-0.2, 0) is 16.0 Å². The second-order valence-electron chi connectivity index (χ2n) is 5.58. The molecule has 0 heterocycles. The highest BCUT2D eigenvalue weighted by atomic mass is 16.6. The fourth-order valence-electron chi connectivity index (χ4n) is 2.29. The fourth-order valence-corrected chi connectivity index (χ4v) is 2.29. The van der Waals surface area contributed by atoms with Gasteiger partial charge in [-0.15, -0.1) is 0 Å². The normalized spacial score (nSPS) is 23.3. The lowest BCUT2D eigenvalue weighted by Gasteiger charge is -2.24. The van der Waals surface area contributed by atoms with E-state index in [0.717, 1.165) is 17.5 Å². The van der Waals surface area contributed by atoms with Gasteiger partial charge in [0.25, 0.3) is 0 Å². The van der Waals surface area contributed by atoms with Crippen molar-refractivity contribution < 1.29 is 9.53 Å². The van der Waals surface area contributed by atoms with Gasteiger partial charge in [0.05, 0.1) is 5.92 Å². The fraction of sp³-hybridized carbons (Fsp3) is 0.500. The minimum Gasteiger partial charge on any atom is -0.459 e. The maximum absolute atomic E-state index is 12.1. The Bertz CT molecular complexity index is 434. The van der Waals surface area contributed by atoms with Crippen LogP contribution in [0.4, 0.5) is 0 Å². The van der Waals surface area contributed by atoms with E-state index in [1.165, 1.54) is 0 Å². The minimum absolute atomic E-state index is 0.165. The molecule has 2 N–H and O–H groups in total. The molecular formula is C14H19NO2. The molecule has 3 nitrogen and oxygen atoms in total. The predicted molar refractivity (Wildman–Crippen MR) is 66.7 cm³/mol. The lowest BCUT2D eigenvalue weighted by atomic mass is 9.98. The van der Waals surface area contributed by atoms with Crippen LogP contribution >= 0.6 is 0 Å².